The van der Waals surface area contributed by atoms with Gasteiger partial charge in [-0.2, -0.15) is 11.1 Å². The summed E-state index contributed by atoms with van der Waals surface area (Å²) in [5.41, 5.74) is 5.90. The van der Waals surface area contributed by atoms with Crippen LogP contribution in [0.15, 0.2) is 0 Å². The fourth-order valence-electron chi connectivity index (χ4n) is 0.0616. The maximum atomic E-state index is 9.17. The minimum absolute atomic E-state index is 1.32. The molecule has 0 unspecified atom stereocenters. The van der Waals surface area contributed by atoms with E-state index in [0.29, 0.717) is 0 Å². The molecule has 0 fully saturated rings. The standard InChI is InChI=1S/CH5N4O/c2-4-5-3-1-6/h4-5H,2H2,(H,3,6). The Labute approximate surface area is 34.8 Å². The molecule has 0 spiro atoms. The number of hydrazine groups is 3. The van der Waals surface area contributed by atoms with Crippen LogP contribution in [0.1, 0.15) is 0 Å². The lowest BCUT2D eigenvalue weighted by Gasteiger charge is -1.92. The lowest BCUT2D eigenvalue weighted by Crippen LogP contribution is -2.46. The molecule has 35 valence electrons. The predicted molar refractivity (Wildman–Crippen MR) is 19.3 cm³/mol. The number of nitrogens with one attached hydrogen (secondary N) is 3. The van der Waals surface area contributed by atoms with Gasteiger partial charge in [-0.1, -0.05) is 0 Å². The monoisotopic (exact) mass is 89.0 g/mol. The highest BCUT2D eigenvalue weighted by molar-refractivity contribution is 5.45. The van der Waals surface area contributed by atoms with Gasteiger partial charge in [-0.05, 0) is 0 Å². The third-order valence-corrected chi connectivity index (χ3v) is 0.186. The molecular formula is CH5N4O. The van der Waals surface area contributed by atoms with Crippen LogP contribution in [0.4, 0.5) is 0 Å². The van der Waals surface area contributed by atoms with Crippen LogP contribution >= 0.6 is 0 Å². The van der Waals surface area contributed by atoms with Gasteiger partial charge in [-0.3, -0.25) is 16.1 Å². The van der Waals surface area contributed by atoms with Crippen molar-refractivity contribution in [3.63, 3.8) is 0 Å². The average Bonchev–Trinajstić information content (AvgIpc) is 1.61. The Morgan fingerprint density at radius 3 is 2.50 bits per heavy atom. The molecule has 0 bridgehead atoms. The molecule has 0 saturated carbocycles. The number of rotatable bonds is 3. The van der Waals surface area contributed by atoms with Gasteiger partial charge in [0.05, 0.1) is 0 Å². The van der Waals surface area contributed by atoms with Crippen LogP contribution in [0, 0.1) is 0 Å². The summed E-state index contributed by atoms with van der Waals surface area (Å²) in [4.78, 5) is 9.17. The first-order valence-electron chi connectivity index (χ1n) is 1.24. The van der Waals surface area contributed by atoms with Gasteiger partial charge in [0.2, 0.25) is 0 Å². The molecule has 0 aromatic carbocycles. The molecule has 0 atom stereocenters. The molecule has 5 heteroatoms. The molecule has 6 heavy (non-hydrogen) atoms. The van der Waals surface area contributed by atoms with Gasteiger partial charge >= 0.3 is 6.41 Å². The van der Waals surface area contributed by atoms with Crippen molar-refractivity contribution in [1.29, 1.82) is 0 Å². The van der Waals surface area contributed by atoms with Crippen LogP contribution in [0.2, 0.25) is 0 Å². The van der Waals surface area contributed by atoms with Gasteiger partial charge in [0, 0.05) is 0 Å². The molecule has 1 radical (unpaired) electrons. The topological polar surface area (TPSA) is 79.2 Å². The average molecular weight is 89.1 g/mol. The molecule has 0 aliphatic rings. The molecule has 5 N–H and O–H groups in total. The number of hydrogen-bond acceptors (Lipinski definition) is 4. The molecule has 1 amide bonds. The van der Waals surface area contributed by atoms with Gasteiger partial charge in [-0.25, -0.2) is 0 Å². The number of carbonyl (C=O) groups excluding carboxylic acids is 1. The van der Waals surface area contributed by atoms with Crippen molar-refractivity contribution in [2.75, 3.05) is 0 Å². The van der Waals surface area contributed by atoms with E-state index in [1.165, 1.54) is 6.41 Å². The molecule has 0 rings (SSSR count). The second kappa shape index (κ2) is 4.35. The molecule has 0 aliphatic carbocycles. The number of amides is 1. The quantitative estimate of drug-likeness (QED) is 0.134. The van der Waals surface area contributed by atoms with Crippen LogP contribution in [0.25, 0.3) is 0 Å². The Morgan fingerprint density at radius 1 is 1.67 bits per heavy atom. The van der Waals surface area contributed by atoms with Crippen LogP contribution < -0.4 is 22.3 Å². The van der Waals surface area contributed by atoms with Gasteiger partial charge in [-0.15, -0.1) is 0 Å². The van der Waals surface area contributed by atoms with E-state index in [2.05, 4.69) is 11.4 Å². The van der Waals surface area contributed by atoms with E-state index in [-0.39, 0.29) is 0 Å². The van der Waals surface area contributed by atoms with Gasteiger partial charge in [0.25, 0.3) is 0 Å². The second-order valence-corrected chi connectivity index (χ2v) is 0.496. The highest BCUT2D eigenvalue weighted by Gasteiger charge is 1.65. The van der Waals surface area contributed by atoms with Crippen LogP contribution in [0.3, 0.4) is 0 Å². The molecule has 0 aromatic heterocycles. The lowest BCUT2D eigenvalue weighted by molar-refractivity contribution is 0.478. The Bertz CT molecular complexity index is 36.5. The Morgan fingerprint density at radius 2 is 2.33 bits per heavy atom. The maximum Gasteiger partial charge on any atom is 0.325 e. The second-order valence-electron chi connectivity index (χ2n) is 0.496. The fraction of sp³-hybridized carbons (Fsp3) is 0. The van der Waals surface area contributed by atoms with Crippen molar-refractivity contribution < 1.29 is 4.79 Å². The summed E-state index contributed by atoms with van der Waals surface area (Å²) in [5, 5.41) is 0. The van der Waals surface area contributed by atoms with Gasteiger partial charge in [0.15, 0.2) is 0 Å². The first-order valence-corrected chi connectivity index (χ1v) is 1.24. The molecule has 0 aliphatic heterocycles. The summed E-state index contributed by atoms with van der Waals surface area (Å²) < 4.78 is 0. The summed E-state index contributed by atoms with van der Waals surface area (Å²) in [6, 6.07) is 0. The Balaban J connectivity index is 2.49. The number of nitrogens with two attached hydrogens (primary N) is 1. The SMILES string of the molecule is NNNN[C]=O. The highest BCUT2D eigenvalue weighted by Crippen LogP contribution is 1.15. The zero-order chi connectivity index (χ0) is 4.83. The largest absolute Gasteiger partial charge is 0.325 e. The zero-order valence-corrected chi connectivity index (χ0v) is 2.99. The summed E-state index contributed by atoms with van der Waals surface area (Å²) >= 11 is 0. The predicted octanol–water partition coefficient (Wildman–Crippen LogP) is -2.47. The zero-order valence-electron chi connectivity index (χ0n) is 2.99. The van der Waals surface area contributed by atoms with E-state index in [0.717, 1.165) is 0 Å². The van der Waals surface area contributed by atoms with E-state index in [9.17, 15) is 0 Å². The van der Waals surface area contributed by atoms with Crippen molar-refractivity contribution in [2.45, 2.75) is 0 Å². The summed E-state index contributed by atoms with van der Waals surface area (Å²) in [5.74, 6) is 4.61. The molecular weight excluding hydrogens is 84.0 g/mol. The summed E-state index contributed by atoms with van der Waals surface area (Å²) in [6.45, 7) is 0. The van der Waals surface area contributed by atoms with E-state index >= 15 is 0 Å². The van der Waals surface area contributed by atoms with Crippen LogP contribution in [-0.4, -0.2) is 6.41 Å². The molecule has 5 nitrogen and oxygen atoms in total. The van der Waals surface area contributed by atoms with Crippen LogP contribution in [-0.2, 0) is 4.79 Å². The van der Waals surface area contributed by atoms with E-state index in [1.54, 1.807) is 0 Å². The number of hydrogen-bond donors (Lipinski definition) is 4. The normalized spacial score (nSPS) is 7.50. The van der Waals surface area contributed by atoms with Crippen molar-refractivity contribution >= 4 is 6.41 Å². The van der Waals surface area contributed by atoms with Crippen LogP contribution in [0.5, 0.6) is 0 Å². The minimum Gasteiger partial charge on any atom is -0.268 e. The highest BCUT2D eigenvalue weighted by atomic mass is 16.1. The summed E-state index contributed by atoms with van der Waals surface area (Å²) in [6.07, 6.45) is 1.32. The fourth-order valence-corrected chi connectivity index (χ4v) is 0.0616. The third-order valence-electron chi connectivity index (χ3n) is 0.186. The van der Waals surface area contributed by atoms with Crippen molar-refractivity contribution in [3.8, 4) is 0 Å². The Kier molecular flexibility index (Phi) is 3.88. The molecule has 0 heterocycles. The van der Waals surface area contributed by atoms with Gasteiger partial charge < -0.3 is 0 Å². The Hall–Kier alpha value is -0.650. The van der Waals surface area contributed by atoms with Gasteiger partial charge in [0.1, 0.15) is 0 Å². The molecule has 0 aromatic rings. The summed E-state index contributed by atoms with van der Waals surface area (Å²) in [7, 11) is 0. The van der Waals surface area contributed by atoms with Crippen molar-refractivity contribution in [3.05, 3.63) is 0 Å². The van der Waals surface area contributed by atoms with E-state index in [4.69, 9.17) is 4.79 Å². The van der Waals surface area contributed by atoms with Crippen molar-refractivity contribution in [2.24, 2.45) is 5.84 Å². The minimum atomic E-state index is 1.32. The van der Waals surface area contributed by atoms with Crippen molar-refractivity contribution in [1.82, 2.24) is 16.5 Å². The van der Waals surface area contributed by atoms with E-state index in [1.807, 2.05) is 11.0 Å². The molecule has 0 saturated heterocycles. The maximum absolute atomic E-state index is 9.17. The first kappa shape index (κ1) is 5.35. The lowest BCUT2D eigenvalue weighted by atomic mass is 11.4. The van der Waals surface area contributed by atoms with E-state index < -0.39 is 0 Å². The first-order chi connectivity index (χ1) is 2.91. The smallest absolute Gasteiger partial charge is 0.268 e. The third kappa shape index (κ3) is 3.35.